The molecule has 6 nitrogen and oxygen atoms in total. The highest BCUT2D eigenvalue weighted by Gasteiger charge is 2.22. The predicted molar refractivity (Wildman–Crippen MR) is 114 cm³/mol. The lowest BCUT2D eigenvalue weighted by molar-refractivity contribution is -0.113. The van der Waals surface area contributed by atoms with Crippen molar-refractivity contribution in [3.63, 3.8) is 0 Å². The van der Waals surface area contributed by atoms with Crippen LogP contribution in [0.4, 0.5) is 14.5 Å². The van der Waals surface area contributed by atoms with Gasteiger partial charge in [-0.1, -0.05) is 23.4 Å². The molecule has 0 fully saturated rings. The minimum absolute atomic E-state index is 0.0176. The van der Waals surface area contributed by atoms with Crippen molar-refractivity contribution in [2.45, 2.75) is 31.0 Å². The molecule has 1 N–H and O–H groups in total. The Labute approximate surface area is 183 Å². The topological polar surface area (TPSA) is 73.2 Å². The summed E-state index contributed by atoms with van der Waals surface area (Å²) in [6.45, 7) is -2.99. The average Bonchev–Trinajstić information content (AvgIpc) is 3.26. The van der Waals surface area contributed by atoms with Crippen molar-refractivity contribution >= 4 is 56.5 Å². The first kappa shape index (κ1) is 21.1. The van der Waals surface area contributed by atoms with Crippen LogP contribution in [0.1, 0.15) is 16.9 Å². The average molecular weight is 472 g/mol. The number of fused-ring (bicyclic) bond motifs is 3. The fourth-order valence-electron chi connectivity index (χ4n) is 3.33. The molecule has 0 atom stereocenters. The highest BCUT2D eigenvalue weighted by atomic mass is 35.5. The molecule has 158 valence electrons. The summed E-state index contributed by atoms with van der Waals surface area (Å²) < 4.78 is 30.3. The summed E-state index contributed by atoms with van der Waals surface area (Å²) in [5, 5.41) is 3.75. The van der Waals surface area contributed by atoms with Crippen LogP contribution >= 0.6 is 34.7 Å². The number of hydrogen-bond acceptors (Lipinski definition) is 6. The number of amides is 1. The fraction of sp³-hybridized carbons (Fsp3) is 0.316. The maximum atomic E-state index is 12.8. The molecule has 0 bridgehead atoms. The van der Waals surface area contributed by atoms with Crippen LogP contribution in [0.5, 0.6) is 5.75 Å². The Kier molecular flexibility index (Phi) is 5.99. The second-order valence-electron chi connectivity index (χ2n) is 6.66. The second-order valence-corrected chi connectivity index (χ2v) is 9.09. The van der Waals surface area contributed by atoms with Crippen LogP contribution in [-0.2, 0) is 24.7 Å². The zero-order chi connectivity index (χ0) is 21.4. The molecular weight excluding hydrogens is 456 g/mol. The fourth-order valence-corrected chi connectivity index (χ4v) is 5.63. The minimum Gasteiger partial charge on any atom is -0.433 e. The molecule has 0 saturated carbocycles. The molecule has 2 aromatic heterocycles. The lowest BCUT2D eigenvalue weighted by Crippen LogP contribution is -2.21. The standard InChI is InChI=1S/C19H16ClF2N3O3S2/c1-25-17(27)15-10-3-2-4-13(10)30-16(15)24-19(25)29-8-14(26)23-9-5-6-12(11(20)7-9)28-18(21)22/h5-7,18H,2-4,8H2,1H3,(H,23,26). The Morgan fingerprint density at radius 1 is 1.43 bits per heavy atom. The van der Waals surface area contributed by atoms with Crippen molar-refractivity contribution < 1.29 is 18.3 Å². The third-order valence-electron chi connectivity index (χ3n) is 4.67. The third kappa shape index (κ3) is 4.17. The van der Waals surface area contributed by atoms with Crippen LogP contribution in [0.15, 0.2) is 28.2 Å². The van der Waals surface area contributed by atoms with Gasteiger partial charge in [-0.25, -0.2) is 4.98 Å². The molecule has 0 spiro atoms. The van der Waals surface area contributed by atoms with E-state index >= 15 is 0 Å². The van der Waals surface area contributed by atoms with E-state index in [0.29, 0.717) is 21.1 Å². The van der Waals surface area contributed by atoms with Crippen molar-refractivity contribution in [3.05, 3.63) is 44.0 Å². The summed E-state index contributed by atoms with van der Waals surface area (Å²) in [4.78, 5) is 31.6. The number of alkyl halides is 2. The number of rotatable bonds is 6. The van der Waals surface area contributed by atoms with Gasteiger partial charge in [0.05, 0.1) is 16.2 Å². The Balaban J connectivity index is 1.45. The van der Waals surface area contributed by atoms with Crippen LogP contribution in [0.2, 0.25) is 5.02 Å². The Morgan fingerprint density at radius 3 is 2.97 bits per heavy atom. The first-order valence-electron chi connectivity index (χ1n) is 9.01. The van der Waals surface area contributed by atoms with Crippen LogP contribution in [0.25, 0.3) is 10.2 Å². The number of anilines is 1. The van der Waals surface area contributed by atoms with E-state index in [4.69, 9.17) is 11.6 Å². The molecule has 1 aliphatic carbocycles. The zero-order valence-corrected chi connectivity index (χ0v) is 18.1. The van der Waals surface area contributed by atoms with Gasteiger partial charge in [0.1, 0.15) is 10.6 Å². The summed E-state index contributed by atoms with van der Waals surface area (Å²) in [5.74, 6) is -0.500. The van der Waals surface area contributed by atoms with Gasteiger partial charge in [0.25, 0.3) is 5.56 Å². The van der Waals surface area contributed by atoms with Crippen LogP contribution in [0.3, 0.4) is 0 Å². The number of carbonyl (C=O) groups excluding carboxylic acids is 1. The largest absolute Gasteiger partial charge is 0.433 e. The number of thioether (sulfide) groups is 1. The zero-order valence-electron chi connectivity index (χ0n) is 15.7. The van der Waals surface area contributed by atoms with Gasteiger partial charge >= 0.3 is 6.61 Å². The number of benzene rings is 1. The van der Waals surface area contributed by atoms with E-state index < -0.39 is 6.61 Å². The van der Waals surface area contributed by atoms with E-state index in [-0.39, 0.29) is 28.0 Å². The minimum atomic E-state index is -2.99. The van der Waals surface area contributed by atoms with Crippen molar-refractivity contribution in [1.82, 2.24) is 9.55 Å². The molecule has 11 heteroatoms. The number of nitrogens with zero attached hydrogens (tertiary/aromatic N) is 2. The molecule has 1 aromatic carbocycles. The van der Waals surface area contributed by atoms with Gasteiger partial charge in [0, 0.05) is 17.6 Å². The van der Waals surface area contributed by atoms with Crippen LogP contribution < -0.4 is 15.6 Å². The van der Waals surface area contributed by atoms with Crippen LogP contribution in [0, 0.1) is 0 Å². The van der Waals surface area contributed by atoms with E-state index in [1.54, 1.807) is 18.4 Å². The van der Waals surface area contributed by atoms with Gasteiger partial charge in [0.15, 0.2) is 5.16 Å². The molecule has 1 amide bonds. The number of carbonyl (C=O) groups is 1. The molecule has 30 heavy (non-hydrogen) atoms. The summed E-state index contributed by atoms with van der Waals surface area (Å²) in [7, 11) is 1.65. The first-order valence-corrected chi connectivity index (χ1v) is 11.2. The van der Waals surface area contributed by atoms with E-state index in [1.165, 1.54) is 27.6 Å². The Hall–Kier alpha value is -2.17. The Morgan fingerprint density at radius 2 is 2.23 bits per heavy atom. The van der Waals surface area contributed by atoms with E-state index in [0.717, 1.165) is 36.6 Å². The van der Waals surface area contributed by atoms with Gasteiger partial charge in [-0.15, -0.1) is 11.3 Å². The normalized spacial score (nSPS) is 13.1. The number of ether oxygens (including phenoxy) is 1. The lowest BCUT2D eigenvalue weighted by Gasteiger charge is -2.10. The summed E-state index contributed by atoms with van der Waals surface area (Å²) in [5.41, 5.74) is 1.37. The molecule has 3 aromatic rings. The van der Waals surface area contributed by atoms with Crippen molar-refractivity contribution in [2.75, 3.05) is 11.1 Å². The number of aromatic nitrogens is 2. The number of thiophene rings is 1. The highest BCUT2D eigenvalue weighted by Crippen LogP contribution is 2.35. The van der Waals surface area contributed by atoms with E-state index in [1.807, 2.05) is 0 Å². The molecule has 0 radical (unpaired) electrons. The van der Waals surface area contributed by atoms with Crippen molar-refractivity contribution in [2.24, 2.45) is 7.05 Å². The number of aryl methyl sites for hydroxylation is 2. The molecule has 4 rings (SSSR count). The van der Waals surface area contributed by atoms with Gasteiger partial charge < -0.3 is 10.1 Å². The first-order chi connectivity index (χ1) is 14.3. The monoisotopic (exact) mass is 471 g/mol. The van der Waals surface area contributed by atoms with Gasteiger partial charge in [-0.05, 0) is 43.0 Å². The van der Waals surface area contributed by atoms with Gasteiger partial charge in [-0.3, -0.25) is 14.2 Å². The molecule has 2 heterocycles. The predicted octanol–water partition coefficient (Wildman–Crippen LogP) is 4.47. The number of halogens is 3. The second kappa shape index (κ2) is 8.52. The maximum absolute atomic E-state index is 12.8. The summed E-state index contributed by atoms with van der Waals surface area (Å²) in [6, 6.07) is 4.00. The number of hydrogen-bond donors (Lipinski definition) is 1. The highest BCUT2D eigenvalue weighted by molar-refractivity contribution is 7.99. The smallest absolute Gasteiger partial charge is 0.387 e. The Bertz CT molecular complexity index is 1200. The molecule has 0 aliphatic heterocycles. The quantitative estimate of drug-likeness (QED) is 0.424. The van der Waals surface area contributed by atoms with Gasteiger partial charge in [-0.2, -0.15) is 8.78 Å². The SMILES string of the molecule is Cn1c(SCC(=O)Nc2ccc(OC(F)F)c(Cl)c2)nc2sc3c(c2c1=O)CCC3. The molecule has 0 saturated heterocycles. The summed E-state index contributed by atoms with van der Waals surface area (Å²) in [6.07, 6.45) is 2.95. The van der Waals surface area contributed by atoms with Crippen molar-refractivity contribution in [3.8, 4) is 5.75 Å². The van der Waals surface area contributed by atoms with Crippen molar-refractivity contribution in [1.29, 1.82) is 0 Å². The third-order valence-corrected chi connectivity index (χ3v) is 7.18. The molecule has 1 aliphatic rings. The van der Waals surface area contributed by atoms with E-state index in [9.17, 15) is 18.4 Å². The number of nitrogens with one attached hydrogen (secondary N) is 1. The van der Waals surface area contributed by atoms with E-state index in [2.05, 4.69) is 15.0 Å². The maximum Gasteiger partial charge on any atom is 0.387 e. The van der Waals surface area contributed by atoms with Crippen LogP contribution in [-0.4, -0.2) is 27.8 Å². The lowest BCUT2D eigenvalue weighted by atomic mass is 10.2. The van der Waals surface area contributed by atoms with Gasteiger partial charge in [0.2, 0.25) is 5.91 Å². The molecule has 0 unspecified atom stereocenters. The summed E-state index contributed by atoms with van der Waals surface area (Å²) >= 11 is 8.59. The molecular formula is C19H16ClF2N3O3S2.